The second-order valence-corrected chi connectivity index (χ2v) is 3.98. The van der Waals surface area contributed by atoms with E-state index in [1.54, 1.807) is 0 Å². The van der Waals surface area contributed by atoms with Crippen molar-refractivity contribution in [1.29, 1.82) is 0 Å². The molecule has 0 saturated heterocycles. The van der Waals surface area contributed by atoms with Gasteiger partial charge in [0.25, 0.3) is 0 Å². The van der Waals surface area contributed by atoms with E-state index in [1.165, 1.54) is 0 Å². The molecule has 0 fully saturated rings. The van der Waals surface area contributed by atoms with Crippen molar-refractivity contribution in [3.8, 4) is 0 Å². The van der Waals surface area contributed by atoms with Gasteiger partial charge in [-0.3, -0.25) is 0 Å². The average molecular weight is 181 g/mol. The summed E-state index contributed by atoms with van der Waals surface area (Å²) in [5.41, 5.74) is -0.597. The molecule has 0 aromatic carbocycles. The van der Waals surface area contributed by atoms with E-state index in [9.17, 15) is 0 Å². The van der Waals surface area contributed by atoms with Crippen molar-refractivity contribution < 1.29 is 9.78 Å². The van der Waals surface area contributed by atoms with Gasteiger partial charge in [-0.05, 0) is 27.2 Å². The molecule has 0 bridgehead atoms. The third-order valence-electron chi connectivity index (χ3n) is 0.918. The molecule has 0 unspecified atom stereocenters. The lowest BCUT2D eigenvalue weighted by Crippen LogP contribution is -2.21. The highest BCUT2D eigenvalue weighted by molar-refractivity contribution is 6.19. The van der Waals surface area contributed by atoms with Crippen LogP contribution in [-0.4, -0.2) is 11.2 Å². The van der Waals surface area contributed by atoms with Crippen molar-refractivity contribution >= 4 is 11.6 Å². The Morgan fingerprint density at radius 1 is 1.36 bits per heavy atom. The minimum atomic E-state index is -0.320. The van der Waals surface area contributed by atoms with Crippen molar-refractivity contribution in [2.24, 2.45) is 0 Å². The fraction of sp³-hybridized carbons (Fsp3) is 1.00. The topological polar surface area (TPSA) is 18.5 Å². The molecule has 1 atom stereocenters. The van der Waals surface area contributed by atoms with E-state index in [0.717, 1.165) is 12.8 Å². The fourth-order valence-electron chi connectivity index (χ4n) is 0.472. The van der Waals surface area contributed by atoms with Gasteiger partial charge >= 0.3 is 0 Å². The zero-order chi connectivity index (χ0) is 8.91. The Balaban J connectivity index is 3.38. The third-order valence-corrected chi connectivity index (χ3v) is 1.21. The zero-order valence-electron chi connectivity index (χ0n) is 7.69. The first-order valence-corrected chi connectivity index (χ1v) is 4.38. The Morgan fingerprint density at radius 2 is 1.91 bits per heavy atom. The third kappa shape index (κ3) is 8.11. The van der Waals surface area contributed by atoms with Gasteiger partial charge < -0.3 is 0 Å². The number of hydrogen-bond acceptors (Lipinski definition) is 2. The first-order chi connectivity index (χ1) is 4.95. The summed E-state index contributed by atoms with van der Waals surface area (Å²) in [6.45, 7) is 7.81. The molecule has 68 valence electrons. The molecule has 0 spiro atoms. The van der Waals surface area contributed by atoms with Gasteiger partial charge in [-0.15, -0.1) is 0 Å². The van der Waals surface area contributed by atoms with Crippen LogP contribution >= 0.6 is 11.6 Å². The van der Waals surface area contributed by atoms with E-state index in [0.29, 0.717) is 0 Å². The summed E-state index contributed by atoms with van der Waals surface area (Å²) in [6.07, 6.45) is 1.82. The van der Waals surface area contributed by atoms with Gasteiger partial charge in [0.05, 0.1) is 5.60 Å². The van der Waals surface area contributed by atoms with E-state index in [-0.39, 0.29) is 11.2 Å². The molecule has 2 nitrogen and oxygen atoms in total. The maximum absolute atomic E-state index is 5.74. The average Bonchev–Trinajstić information content (AvgIpc) is 1.83. The molecule has 0 aliphatic heterocycles. The lowest BCUT2D eigenvalue weighted by Gasteiger charge is -2.19. The molecule has 0 aliphatic rings. The molecule has 0 aromatic rings. The van der Waals surface area contributed by atoms with E-state index >= 15 is 0 Å². The van der Waals surface area contributed by atoms with Gasteiger partial charge in [-0.25, -0.2) is 9.78 Å². The molecule has 0 radical (unpaired) electrons. The summed E-state index contributed by atoms with van der Waals surface area (Å²) in [6, 6.07) is 0. The van der Waals surface area contributed by atoms with Crippen LogP contribution in [0.4, 0.5) is 0 Å². The summed E-state index contributed by atoms with van der Waals surface area (Å²) in [4.78, 5) is 9.92. The Bertz CT molecular complexity index is 98.8. The normalized spacial score (nSPS) is 15.0. The lowest BCUT2D eigenvalue weighted by molar-refractivity contribution is -0.358. The number of hydrogen-bond donors (Lipinski definition) is 0. The monoisotopic (exact) mass is 180 g/mol. The summed E-state index contributed by atoms with van der Waals surface area (Å²) in [5, 5.41) is 0. The molecule has 11 heavy (non-hydrogen) atoms. The van der Waals surface area contributed by atoms with Crippen LogP contribution in [0.3, 0.4) is 0 Å². The highest BCUT2D eigenvalue weighted by atomic mass is 35.5. The summed E-state index contributed by atoms with van der Waals surface area (Å²) < 4.78 is 0. The Hall–Kier alpha value is 0.210. The van der Waals surface area contributed by atoms with Crippen LogP contribution in [0.2, 0.25) is 0 Å². The van der Waals surface area contributed by atoms with Crippen molar-refractivity contribution in [2.45, 2.75) is 51.7 Å². The Kier molecular flexibility index (Phi) is 5.06. The van der Waals surface area contributed by atoms with E-state index in [2.05, 4.69) is 6.92 Å². The first kappa shape index (κ1) is 11.2. The van der Waals surface area contributed by atoms with Crippen LogP contribution in [0.25, 0.3) is 0 Å². The summed E-state index contributed by atoms with van der Waals surface area (Å²) in [5.74, 6) is 0. The minimum absolute atomic E-state index is 0.277. The highest BCUT2D eigenvalue weighted by Crippen LogP contribution is 2.13. The van der Waals surface area contributed by atoms with Gasteiger partial charge in [-0.1, -0.05) is 24.9 Å². The van der Waals surface area contributed by atoms with E-state index in [1.807, 2.05) is 20.8 Å². The van der Waals surface area contributed by atoms with Crippen molar-refractivity contribution in [2.75, 3.05) is 0 Å². The summed E-state index contributed by atoms with van der Waals surface area (Å²) >= 11 is 5.74. The largest absolute Gasteiger partial charge is 0.229 e. The first-order valence-electron chi connectivity index (χ1n) is 3.94. The fourth-order valence-corrected chi connectivity index (χ4v) is 0.726. The molecule has 0 N–H and O–H groups in total. The Labute approximate surface area is 73.8 Å². The predicted molar refractivity (Wildman–Crippen MR) is 46.5 cm³/mol. The van der Waals surface area contributed by atoms with Crippen LogP contribution in [0.1, 0.15) is 40.5 Å². The quantitative estimate of drug-likeness (QED) is 0.376. The molecular formula is C8H17ClO2. The van der Waals surface area contributed by atoms with Crippen molar-refractivity contribution in [3.05, 3.63) is 0 Å². The maximum atomic E-state index is 5.74. The van der Waals surface area contributed by atoms with Crippen LogP contribution < -0.4 is 0 Å². The highest BCUT2D eigenvalue weighted by Gasteiger charge is 2.14. The van der Waals surface area contributed by atoms with Gasteiger partial charge in [0, 0.05) is 0 Å². The number of halogens is 1. The molecule has 0 aromatic heterocycles. The molecule has 0 heterocycles. The van der Waals surface area contributed by atoms with Crippen LogP contribution in [0.15, 0.2) is 0 Å². The molecular weight excluding hydrogens is 164 g/mol. The SMILES string of the molecule is CCC[C@H](Cl)OOC(C)(C)C. The molecule has 3 heteroatoms. The van der Waals surface area contributed by atoms with Gasteiger partial charge in [0.2, 0.25) is 0 Å². The number of alkyl halides is 1. The van der Waals surface area contributed by atoms with E-state index < -0.39 is 0 Å². The van der Waals surface area contributed by atoms with Gasteiger partial charge in [-0.2, -0.15) is 0 Å². The smallest absolute Gasteiger partial charge is 0.166 e. The molecule has 0 amide bonds. The van der Waals surface area contributed by atoms with Crippen molar-refractivity contribution in [1.82, 2.24) is 0 Å². The van der Waals surface area contributed by atoms with Crippen molar-refractivity contribution in [3.63, 3.8) is 0 Å². The standard InChI is InChI=1S/C8H17ClO2/c1-5-6-7(9)10-11-8(2,3)4/h7H,5-6H2,1-4H3/t7-/m1/s1. The van der Waals surface area contributed by atoms with Gasteiger partial charge in [0.1, 0.15) is 0 Å². The van der Waals surface area contributed by atoms with Crippen LogP contribution in [0.5, 0.6) is 0 Å². The minimum Gasteiger partial charge on any atom is -0.229 e. The zero-order valence-corrected chi connectivity index (χ0v) is 8.44. The predicted octanol–water partition coefficient (Wildman–Crippen LogP) is 3.10. The molecule has 0 rings (SSSR count). The lowest BCUT2D eigenvalue weighted by atomic mass is 10.2. The number of rotatable bonds is 4. The summed E-state index contributed by atoms with van der Waals surface area (Å²) in [7, 11) is 0. The van der Waals surface area contributed by atoms with Crippen LogP contribution in [-0.2, 0) is 9.78 Å². The van der Waals surface area contributed by atoms with Gasteiger partial charge in [0.15, 0.2) is 5.56 Å². The molecule has 0 saturated carbocycles. The van der Waals surface area contributed by atoms with Crippen LogP contribution in [0, 0.1) is 0 Å². The Morgan fingerprint density at radius 3 is 2.27 bits per heavy atom. The second-order valence-electron chi connectivity index (χ2n) is 3.49. The maximum Gasteiger partial charge on any atom is 0.166 e. The van der Waals surface area contributed by atoms with E-state index in [4.69, 9.17) is 21.4 Å². The second kappa shape index (κ2) is 4.96. The molecule has 0 aliphatic carbocycles.